The summed E-state index contributed by atoms with van der Waals surface area (Å²) in [6.45, 7) is 8.61. The van der Waals surface area contributed by atoms with Gasteiger partial charge in [0.25, 0.3) is 0 Å². The number of rotatable bonds is 9. The van der Waals surface area contributed by atoms with Crippen molar-refractivity contribution >= 4 is 11.9 Å². The Balaban J connectivity index is 4.55. The first-order valence-electron chi connectivity index (χ1n) is 7.42. The molecule has 5 nitrogen and oxygen atoms in total. The highest BCUT2D eigenvalue weighted by atomic mass is 16.5. The van der Waals surface area contributed by atoms with Gasteiger partial charge in [0.05, 0.1) is 7.11 Å². The molecule has 0 radical (unpaired) electrons. The van der Waals surface area contributed by atoms with E-state index in [1.807, 2.05) is 13.8 Å². The van der Waals surface area contributed by atoms with Crippen molar-refractivity contribution in [3.05, 3.63) is 0 Å². The van der Waals surface area contributed by atoms with Crippen molar-refractivity contribution in [1.29, 1.82) is 0 Å². The van der Waals surface area contributed by atoms with Crippen LogP contribution in [0, 0.1) is 17.8 Å². The number of hydrogen-bond acceptors (Lipinski definition) is 4. The molecule has 0 saturated heterocycles. The predicted molar refractivity (Wildman–Crippen MR) is 80.0 cm³/mol. The molecule has 2 unspecified atom stereocenters. The van der Waals surface area contributed by atoms with Gasteiger partial charge in [-0.05, 0) is 30.7 Å². The minimum Gasteiger partial charge on any atom is -0.467 e. The van der Waals surface area contributed by atoms with Crippen LogP contribution in [0.4, 0.5) is 0 Å². The molecule has 0 fully saturated rings. The highest BCUT2D eigenvalue weighted by molar-refractivity contribution is 5.84. The molecule has 0 spiro atoms. The number of nitrogens with one attached hydrogen (secondary N) is 1. The Morgan fingerprint density at radius 2 is 1.85 bits per heavy atom. The Kier molecular flexibility index (Phi) is 9.21. The monoisotopic (exact) mass is 286 g/mol. The fraction of sp³-hybridized carbons (Fsp3) is 0.867. The van der Waals surface area contributed by atoms with E-state index in [4.69, 9.17) is 10.5 Å². The summed E-state index contributed by atoms with van der Waals surface area (Å²) in [6.07, 6.45) is 2.07. The van der Waals surface area contributed by atoms with Crippen LogP contribution in [0.2, 0.25) is 0 Å². The second-order valence-corrected chi connectivity index (χ2v) is 5.89. The number of hydrogen-bond donors (Lipinski definition) is 2. The first-order chi connectivity index (χ1) is 9.35. The fourth-order valence-electron chi connectivity index (χ4n) is 2.22. The molecule has 5 heteroatoms. The fourth-order valence-corrected chi connectivity index (χ4v) is 2.22. The third-order valence-corrected chi connectivity index (χ3v) is 3.60. The summed E-state index contributed by atoms with van der Waals surface area (Å²) in [6, 6.07) is -0.574. The van der Waals surface area contributed by atoms with Crippen LogP contribution in [0.15, 0.2) is 0 Å². The lowest BCUT2D eigenvalue weighted by Crippen LogP contribution is -2.46. The molecule has 0 rings (SSSR count). The maximum Gasteiger partial charge on any atom is 0.328 e. The lowest BCUT2D eigenvalue weighted by atomic mass is 9.93. The van der Waals surface area contributed by atoms with Gasteiger partial charge >= 0.3 is 5.97 Å². The number of esters is 1. The normalized spacial score (nSPS) is 15.6. The molecule has 0 heterocycles. The SMILES string of the molecule is CCC(C)C(NC(=O)C[C@@H](CN)CC(C)C)C(=O)OC. The molecule has 20 heavy (non-hydrogen) atoms. The molecule has 0 saturated carbocycles. The lowest BCUT2D eigenvalue weighted by Gasteiger charge is -2.23. The number of ether oxygens (including phenoxy) is 1. The molecule has 118 valence electrons. The molecule has 3 atom stereocenters. The zero-order valence-electron chi connectivity index (χ0n) is 13.4. The minimum atomic E-state index is -0.574. The molecule has 0 aliphatic carbocycles. The van der Waals surface area contributed by atoms with E-state index < -0.39 is 6.04 Å². The van der Waals surface area contributed by atoms with Gasteiger partial charge in [0.15, 0.2) is 0 Å². The number of nitrogens with two attached hydrogens (primary N) is 1. The van der Waals surface area contributed by atoms with Gasteiger partial charge in [-0.2, -0.15) is 0 Å². The Hall–Kier alpha value is -1.10. The van der Waals surface area contributed by atoms with Gasteiger partial charge in [0.1, 0.15) is 6.04 Å². The van der Waals surface area contributed by atoms with Crippen molar-refractivity contribution in [2.45, 2.75) is 53.0 Å². The average molecular weight is 286 g/mol. The van der Waals surface area contributed by atoms with E-state index in [2.05, 4.69) is 19.2 Å². The maximum atomic E-state index is 12.1. The third kappa shape index (κ3) is 6.89. The molecule has 0 aliphatic heterocycles. The zero-order valence-corrected chi connectivity index (χ0v) is 13.4. The van der Waals surface area contributed by atoms with Crippen LogP contribution in [0.3, 0.4) is 0 Å². The number of amides is 1. The maximum absolute atomic E-state index is 12.1. The van der Waals surface area contributed by atoms with Crippen LogP contribution in [0.5, 0.6) is 0 Å². The van der Waals surface area contributed by atoms with E-state index in [1.54, 1.807) is 0 Å². The van der Waals surface area contributed by atoms with Crippen LogP contribution in [-0.2, 0) is 14.3 Å². The molecule has 0 bridgehead atoms. The smallest absolute Gasteiger partial charge is 0.328 e. The van der Waals surface area contributed by atoms with E-state index in [0.717, 1.165) is 12.8 Å². The standard InChI is InChI=1S/C15H30N2O3/c1-6-11(4)14(15(19)20-5)17-13(18)8-12(9-16)7-10(2)3/h10-12,14H,6-9,16H2,1-5H3,(H,17,18)/t11?,12-,14?/m0/s1. The van der Waals surface area contributed by atoms with Crippen LogP contribution < -0.4 is 11.1 Å². The van der Waals surface area contributed by atoms with E-state index in [0.29, 0.717) is 18.9 Å². The van der Waals surface area contributed by atoms with Crippen molar-refractivity contribution in [2.75, 3.05) is 13.7 Å². The molecule has 0 aliphatic rings. The Morgan fingerprint density at radius 3 is 2.25 bits per heavy atom. The van der Waals surface area contributed by atoms with Crippen molar-refractivity contribution in [3.8, 4) is 0 Å². The van der Waals surface area contributed by atoms with Crippen molar-refractivity contribution < 1.29 is 14.3 Å². The summed E-state index contributed by atoms with van der Waals surface area (Å²) in [7, 11) is 1.34. The summed E-state index contributed by atoms with van der Waals surface area (Å²) >= 11 is 0. The number of methoxy groups -OCH3 is 1. The third-order valence-electron chi connectivity index (χ3n) is 3.60. The van der Waals surface area contributed by atoms with Crippen molar-refractivity contribution in [2.24, 2.45) is 23.5 Å². The van der Waals surface area contributed by atoms with Crippen LogP contribution in [0.1, 0.15) is 47.0 Å². The van der Waals surface area contributed by atoms with Gasteiger partial charge in [-0.15, -0.1) is 0 Å². The van der Waals surface area contributed by atoms with Gasteiger partial charge in [-0.1, -0.05) is 34.1 Å². The summed E-state index contributed by atoms with van der Waals surface area (Å²) in [4.78, 5) is 23.8. The summed E-state index contributed by atoms with van der Waals surface area (Å²) in [5.74, 6) is 0.193. The topological polar surface area (TPSA) is 81.4 Å². The Morgan fingerprint density at radius 1 is 1.25 bits per heavy atom. The summed E-state index contributed by atoms with van der Waals surface area (Å²) in [5, 5.41) is 2.79. The molecular weight excluding hydrogens is 256 g/mol. The molecule has 3 N–H and O–H groups in total. The number of carbonyl (C=O) groups excluding carboxylic acids is 2. The second kappa shape index (κ2) is 9.75. The van der Waals surface area contributed by atoms with Gasteiger partial charge in [0, 0.05) is 6.42 Å². The summed E-state index contributed by atoms with van der Waals surface area (Å²) < 4.78 is 4.75. The average Bonchev–Trinajstić information content (AvgIpc) is 2.41. The van der Waals surface area contributed by atoms with Gasteiger partial charge in [0.2, 0.25) is 5.91 Å². The zero-order chi connectivity index (χ0) is 15.7. The highest BCUT2D eigenvalue weighted by Gasteiger charge is 2.27. The second-order valence-electron chi connectivity index (χ2n) is 5.89. The molecule has 0 aromatic heterocycles. The van der Waals surface area contributed by atoms with Crippen LogP contribution in [0.25, 0.3) is 0 Å². The van der Waals surface area contributed by atoms with Crippen molar-refractivity contribution in [3.63, 3.8) is 0 Å². The van der Waals surface area contributed by atoms with Crippen molar-refractivity contribution in [1.82, 2.24) is 5.32 Å². The predicted octanol–water partition coefficient (Wildman–Crippen LogP) is 1.70. The van der Waals surface area contributed by atoms with Crippen LogP contribution in [-0.4, -0.2) is 31.6 Å². The van der Waals surface area contributed by atoms with E-state index in [1.165, 1.54) is 7.11 Å². The molecular formula is C15H30N2O3. The van der Waals surface area contributed by atoms with Gasteiger partial charge in [-0.3, -0.25) is 4.79 Å². The van der Waals surface area contributed by atoms with E-state index in [9.17, 15) is 9.59 Å². The quantitative estimate of drug-likeness (QED) is 0.632. The molecule has 1 amide bonds. The molecule has 0 aromatic carbocycles. The largest absolute Gasteiger partial charge is 0.467 e. The van der Waals surface area contributed by atoms with Gasteiger partial charge in [-0.25, -0.2) is 4.79 Å². The molecule has 0 aromatic rings. The Bertz CT molecular complexity index is 305. The number of carbonyl (C=O) groups is 2. The van der Waals surface area contributed by atoms with E-state index in [-0.39, 0.29) is 23.7 Å². The van der Waals surface area contributed by atoms with Crippen LogP contribution >= 0.6 is 0 Å². The minimum absolute atomic E-state index is 0.0489. The van der Waals surface area contributed by atoms with Gasteiger partial charge < -0.3 is 15.8 Å². The highest BCUT2D eigenvalue weighted by Crippen LogP contribution is 2.15. The first-order valence-corrected chi connectivity index (χ1v) is 7.42. The first kappa shape index (κ1) is 18.9. The van der Waals surface area contributed by atoms with E-state index >= 15 is 0 Å². The lowest BCUT2D eigenvalue weighted by molar-refractivity contribution is -0.146. The summed E-state index contributed by atoms with van der Waals surface area (Å²) in [5.41, 5.74) is 5.70. The Labute approximate surface area is 122 Å².